The molecule has 1 fully saturated rings. The molecule has 160 valence electrons. The van der Waals surface area contributed by atoms with Crippen molar-refractivity contribution < 1.29 is 4.79 Å². The van der Waals surface area contributed by atoms with Crippen molar-refractivity contribution in [1.29, 1.82) is 0 Å². The summed E-state index contributed by atoms with van der Waals surface area (Å²) in [6.45, 7) is 4.93. The summed E-state index contributed by atoms with van der Waals surface area (Å²) in [6.07, 6.45) is 6.16. The summed E-state index contributed by atoms with van der Waals surface area (Å²) >= 11 is 0. The molecule has 0 spiro atoms. The molecule has 0 radical (unpaired) electrons. The Morgan fingerprint density at radius 3 is 2.58 bits per heavy atom. The van der Waals surface area contributed by atoms with Crippen LogP contribution < -0.4 is 5.32 Å². The van der Waals surface area contributed by atoms with Crippen LogP contribution in [-0.4, -0.2) is 35.9 Å². The number of pyridine rings is 1. The molecular weight excluding hydrogens is 382 g/mol. The highest BCUT2D eigenvalue weighted by Crippen LogP contribution is 2.38. The van der Waals surface area contributed by atoms with Gasteiger partial charge in [-0.25, -0.2) is 0 Å². The Hall–Kier alpha value is -2.98. The highest BCUT2D eigenvalue weighted by atomic mass is 16.2. The van der Waals surface area contributed by atoms with E-state index in [9.17, 15) is 4.79 Å². The first-order valence-corrected chi connectivity index (χ1v) is 11.1. The van der Waals surface area contributed by atoms with Crippen molar-refractivity contribution in [2.75, 3.05) is 20.1 Å². The lowest BCUT2D eigenvalue weighted by Gasteiger charge is -2.41. The number of aromatic nitrogens is 1. The van der Waals surface area contributed by atoms with E-state index < -0.39 is 0 Å². The highest BCUT2D eigenvalue weighted by Gasteiger charge is 2.41. The molecule has 0 unspecified atom stereocenters. The second-order valence-electron chi connectivity index (χ2n) is 8.70. The van der Waals surface area contributed by atoms with Crippen molar-refractivity contribution in [3.05, 3.63) is 89.7 Å². The van der Waals surface area contributed by atoms with E-state index in [-0.39, 0.29) is 11.3 Å². The van der Waals surface area contributed by atoms with Gasteiger partial charge in [-0.3, -0.25) is 14.7 Å². The predicted molar refractivity (Wildman–Crippen MR) is 126 cm³/mol. The number of carbonyl (C=O) groups excluding carboxylic acids is 1. The second kappa shape index (κ2) is 9.44. The van der Waals surface area contributed by atoms with Crippen LogP contribution in [0.25, 0.3) is 11.1 Å². The van der Waals surface area contributed by atoms with Crippen LogP contribution in [0.1, 0.15) is 29.5 Å². The van der Waals surface area contributed by atoms with E-state index in [0.717, 1.165) is 44.5 Å². The van der Waals surface area contributed by atoms with Crippen LogP contribution in [0, 0.1) is 12.3 Å². The summed E-state index contributed by atoms with van der Waals surface area (Å²) in [5.74, 6) is 0.156. The van der Waals surface area contributed by atoms with E-state index in [2.05, 4.69) is 76.7 Å². The van der Waals surface area contributed by atoms with Gasteiger partial charge in [0.2, 0.25) is 5.91 Å². The van der Waals surface area contributed by atoms with Gasteiger partial charge in [0.15, 0.2) is 0 Å². The van der Waals surface area contributed by atoms with E-state index in [1.807, 2.05) is 12.3 Å². The molecule has 3 aromatic rings. The predicted octanol–water partition coefficient (Wildman–Crippen LogP) is 4.63. The lowest BCUT2D eigenvalue weighted by molar-refractivity contribution is -0.133. The fraction of sp³-hybridized carbons (Fsp3) is 0.333. The topological polar surface area (TPSA) is 45.2 Å². The third kappa shape index (κ3) is 4.86. The number of benzene rings is 2. The Labute approximate surface area is 185 Å². The number of likely N-dealkylation sites (tertiary alicyclic amines) is 1. The molecule has 0 aliphatic carbocycles. The minimum atomic E-state index is -0.379. The Morgan fingerprint density at radius 2 is 1.87 bits per heavy atom. The Kier molecular flexibility index (Phi) is 6.47. The third-order valence-corrected chi connectivity index (χ3v) is 6.53. The molecular formula is C27H31N3O. The van der Waals surface area contributed by atoms with Crippen molar-refractivity contribution in [1.82, 2.24) is 15.2 Å². The first-order valence-electron chi connectivity index (χ1n) is 11.1. The lowest BCUT2D eigenvalue weighted by atomic mass is 9.72. The number of rotatable bonds is 6. The number of amides is 1. The molecule has 1 amide bonds. The van der Waals surface area contributed by atoms with Crippen molar-refractivity contribution >= 4 is 5.91 Å². The Morgan fingerprint density at radius 1 is 1.06 bits per heavy atom. The molecule has 0 saturated carbocycles. The van der Waals surface area contributed by atoms with Crippen molar-refractivity contribution in [2.45, 2.75) is 32.7 Å². The van der Waals surface area contributed by atoms with E-state index in [4.69, 9.17) is 0 Å². The molecule has 2 heterocycles. The van der Waals surface area contributed by atoms with Gasteiger partial charge in [0.05, 0.1) is 5.41 Å². The van der Waals surface area contributed by atoms with Crippen LogP contribution in [0.4, 0.5) is 0 Å². The minimum absolute atomic E-state index is 0.156. The van der Waals surface area contributed by atoms with Gasteiger partial charge in [0.1, 0.15) is 0 Å². The van der Waals surface area contributed by atoms with Crippen molar-refractivity contribution in [3.63, 3.8) is 0 Å². The van der Waals surface area contributed by atoms with Crippen LogP contribution in [0.2, 0.25) is 0 Å². The number of piperidine rings is 1. The maximum absolute atomic E-state index is 13.1. The maximum Gasteiger partial charge on any atom is 0.226 e. The number of nitrogens with zero attached hydrogens (tertiary/aromatic N) is 2. The third-order valence-electron chi connectivity index (χ3n) is 6.53. The number of nitrogens with one attached hydrogen (secondary N) is 1. The van der Waals surface area contributed by atoms with Gasteiger partial charge in [0.25, 0.3) is 0 Å². The number of aryl methyl sites for hydroxylation is 1. The van der Waals surface area contributed by atoms with Gasteiger partial charge >= 0.3 is 0 Å². The Bertz CT molecular complexity index is 1020. The van der Waals surface area contributed by atoms with Gasteiger partial charge in [-0.1, -0.05) is 60.2 Å². The molecule has 1 N–H and O–H groups in total. The fourth-order valence-corrected chi connectivity index (χ4v) is 4.80. The zero-order valence-corrected chi connectivity index (χ0v) is 18.5. The molecule has 1 aromatic heterocycles. The zero-order valence-electron chi connectivity index (χ0n) is 18.5. The molecule has 1 aliphatic heterocycles. The van der Waals surface area contributed by atoms with Crippen LogP contribution in [-0.2, 0) is 17.8 Å². The SMILES string of the molecule is CNC(=O)C1(Cc2ccccc2-c2cccnc2)CCN(Cc2cccc(C)c2)CC1. The summed E-state index contributed by atoms with van der Waals surface area (Å²) in [5, 5.41) is 2.96. The fourth-order valence-electron chi connectivity index (χ4n) is 4.80. The van der Waals surface area contributed by atoms with E-state index >= 15 is 0 Å². The first kappa shape index (κ1) is 21.3. The standard InChI is InChI=1S/C27H31N3O/c1-21-7-5-8-22(17-21)20-30-15-12-27(13-16-30,26(31)28-2)18-23-9-3-4-11-25(23)24-10-6-14-29-19-24/h3-11,14,17,19H,12-13,15-16,18,20H2,1-2H3,(H,28,31). The minimum Gasteiger partial charge on any atom is -0.359 e. The van der Waals surface area contributed by atoms with Gasteiger partial charge in [-0.05, 0) is 62.0 Å². The lowest BCUT2D eigenvalue weighted by Crippen LogP contribution is -2.49. The van der Waals surface area contributed by atoms with Gasteiger partial charge < -0.3 is 5.32 Å². The highest BCUT2D eigenvalue weighted by molar-refractivity contribution is 5.83. The van der Waals surface area contributed by atoms with E-state index in [0.29, 0.717) is 0 Å². The molecule has 0 atom stereocenters. The number of hydrogen-bond donors (Lipinski definition) is 1. The molecule has 4 rings (SSSR count). The van der Waals surface area contributed by atoms with Crippen LogP contribution in [0.5, 0.6) is 0 Å². The molecule has 1 aliphatic rings. The van der Waals surface area contributed by atoms with Gasteiger partial charge in [-0.15, -0.1) is 0 Å². The normalized spacial score (nSPS) is 16.1. The average molecular weight is 414 g/mol. The summed E-state index contributed by atoms with van der Waals surface area (Å²) in [5.41, 5.74) is 5.74. The average Bonchev–Trinajstić information content (AvgIpc) is 2.81. The molecule has 4 heteroatoms. The maximum atomic E-state index is 13.1. The summed E-state index contributed by atoms with van der Waals surface area (Å²) < 4.78 is 0. The molecule has 31 heavy (non-hydrogen) atoms. The van der Waals surface area contributed by atoms with Crippen LogP contribution >= 0.6 is 0 Å². The van der Waals surface area contributed by atoms with Crippen LogP contribution in [0.3, 0.4) is 0 Å². The summed E-state index contributed by atoms with van der Waals surface area (Å²) in [7, 11) is 1.76. The smallest absolute Gasteiger partial charge is 0.226 e. The molecule has 2 aromatic carbocycles. The largest absolute Gasteiger partial charge is 0.359 e. The molecule has 1 saturated heterocycles. The summed E-state index contributed by atoms with van der Waals surface area (Å²) in [6, 6.07) is 21.2. The van der Waals surface area contributed by atoms with E-state index in [1.165, 1.54) is 22.3 Å². The second-order valence-corrected chi connectivity index (χ2v) is 8.70. The quantitative estimate of drug-likeness (QED) is 0.641. The van der Waals surface area contributed by atoms with E-state index in [1.54, 1.807) is 13.2 Å². The number of hydrogen-bond acceptors (Lipinski definition) is 3. The molecule has 4 nitrogen and oxygen atoms in total. The van der Waals surface area contributed by atoms with Gasteiger partial charge in [-0.2, -0.15) is 0 Å². The van der Waals surface area contributed by atoms with Crippen molar-refractivity contribution in [2.24, 2.45) is 5.41 Å². The summed E-state index contributed by atoms with van der Waals surface area (Å²) in [4.78, 5) is 19.9. The first-order chi connectivity index (χ1) is 15.1. The zero-order chi connectivity index (χ0) is 21.7. The monoisotopic (exact) mass is 413 g/mol. The van der Waals surface area contributed by atoms with Crippen LogP contribution in [0.15, 0.2) is 73.1 Å². The number of carbonyl (C=O) groups is 1. The molecule has 0 bridgehead atoms. The van der Waals surface area contributed by atoms with Crippen molar-refractivity contribution in [3.8, 4) is 11.1 Å². The van der Waals surface area contributed by atoms with Gasteiger partial charge in [0, 0.05) is 31.5 Å². The Balaban J connectivity index is 1.54.